The first-order valence-electron chi connectivity index (χ1n) is 6.54. The van der Waals surface area contributed by atoms with Crippen LogP contribution < -0.4 is 10.6 Å². The first kappa shape index (κ1) is 15.9. The van der Waals surface area contributed by atoms with Gasteiger partial charge >= 0.3 is 12.0 Å². The average Bonchev–Trinajstić information content (AvgIpc) is 2.80. The molecule has 0 aliphatic heterocycles. The Balaban J connectivity index is 2.18. The number of carbonyl (C=O) groups excluding carboxylic acids is 1. The van der Waals surface area contributed by atoms with Crippen LogP contribution in [0.5, 0.6) is 0 Å². The summed E-state index contributed by atoms with van der Waals surface area (Å²) in [5.41, 5.74) is 0. The van der Waals surface area contributed by atoms with Crippen LogP contribution in [0.2, 0.25) is 0 Å². The SMILES string of the molecule is CCC(CNC(=O)NCCc1noc(C)n1)CC(=O)O. The average molecular weight is 284 g/mol. The minimum absolute atomic E-state index is 0.0545. The zero-order valence-corrected chi connectivity index (χ0v) is 11.7. The lowest BCUT2D eigenvalue weighted by atomic mass is 10.0. The van der Waals surface area contributed by atoms with E-state index in [4.69, 9.17) is 9.63 Å². The molecule has 1 atom stereocenters. The summed E-state index contributed by atoms with van der Waals surface area (Å²) in [5.74, 6) is 0.119. The van der Waals surface area contributed by atoms with E-state index in [1.54, 1.807) is 6.92 Å². The highest BCUT2D eigenvalue weighted by molar-refractivity contribution is 5.74. The molecule has 112 valence electrons. The van der Waals surface area contributed by atoms with Crippen molar-refractivity contribution in [3.05, 3.63) is 11.7 Å². The fraction of sp³-hybridized carbons (Fsp3) is 0.667. The number of nitrogens with one attached hydrogen (secondary N) is 2. The van der Waals surface area contributed by atoms with Crippen molar-refractivity contribution in [3.8, 4) is 0 Å². The summed E-state index contributed by atoms with van der Waals surface area (Å²) in [7, 11) is 0. The van der Waals surface area contributed by atoms with Crippen molar-refractivity contribution in [3.63, 3.8) is 0 Å². The Morgan fingerprint density at radius 3 is 2.70 bits per heavy atom. The molecule has 20 heavy (non-hydrogen) atoms. The predicted octanol–water partition coefficient (Wildman–Crippen LogP) is 0.721. The number of urea groups is 1. The number of rotatable bonds is 8. The molecule has 1 unspecified atom stereocenters. The molecule has 1 aromatic rings. The Morgan fingerprint density at radius 2 is 2.15 bits per heavy atom. The number of hydrogen-bond donors (Lipinski definition) is 3. The Kier molecular flexibility index (Phi) is 6.48. The van der Waals surface area contributed by atoms with Gasteiger partial charge in [-0.25, -0.2) is 4.79 Å². The lowest BCUT2D eigenvalue weighted by molar-refractivity contribution is -0.138. The molecule has 0 aliphatic carbocycles. The van der Waals surface area contributed by atoms with Gasteiger partial charge in [-0.3, -0.25) is 4.79 Å². The fourth-order valence-electron chi connectivity index (χ4n) is 1.64. The third-order valence-corrected chi connectivity index (χ3v) is 2.80. The lowest BCUT2D eigenvalue weighted by Gasteiger charge is -2.13. The highest BCUT2D eigenvalue weighted by Gasteiger charge is 2.12. The van der Waals surface area contributed by atoms with Gasteiger partial charge in [0, 0.05) is 32.9 Å². The van der Waals surface area contributed by atoms with Crippen LogP contribution in [0.15, 0.2) is 4.52 Å². The normalized spacial score (nSPS) is 11.9. The van der Waals surface area contributed by atoms with Gasteiger partial charge in [-0.05, 0) is 5.92 Å². The maximum absolute atomic E-state index is 11.5. The molecule has 0 radical (unpaired) electrons. The summed E-state index contributed by atoms with van der Waals surface area (Å²) in [6.07, 6.45) is 1.24. The number of carbonyl (C=O) groups is 2. The van der Waals surface area contributed by atoms with Crippen LogP contribution in [-0.2, 0) is 11.2 Å². The Hall–Kier alpha value is -2.12. The zero-order chi connectivity index (χ0) is 15.0. The molecular weight excluding hydrogens is 264 g/mol. The van der Waals surface area contributed by atoms with Crippen LogP contribution in [0, 0.1) is 12.8 Å². The van der Waals surface area contributed by atoms with E-state index in [2.05, 4.69) is 20.8 Å². The van der Waals surface area contributed by atoms with E-state index in [0.717, 1.165) is 0 Å². The number of aliphatic carboxylic acids is 1. The summed E-state index contributed by atoms with van der Waals surface area (Å²) in [6.45, 7) is 4.33. The van der Waals surface area contributed by atoms with Gasteiger partial charge in [0.1, 0.15) is 0 Å². The highest BCUT2D eigenvalue weighted by atomic mass is 16.5. The quantitative estimate of drug-likeness (QED) is 0.647. The molecule has 0 spiro atoms. The molecule has 1 heterocycles. The maximum atomic E-state index is 11.5. The van der Waals surface area contributed by atoms with Crippen LogP contribution in [0.3, 0.4) is 0 Å². The van der Waals surface area contributed by atoms with Crippen molar-refractivity contribution in [2.24, 2.45) is 5.92 Å². The van der Waals surface area contributed by atoms with Crippen molar-refractivity contribution in [2.45, 2.75) is 33.1 Å². The number of carboxylic acid groups (broad SMARTS) is 1. The molecule has 1 aromatic heterocycles. The molecular formula is C12H20N4O4. The highest BCUT2D eigenvalue weighted by Crippen LogP contribution is 2.06. The van der Waals surface area contributed by atoms with Crippen molar-refractivity contribution in [1.82, 2.24) is 20.8 Å². The Bertz CT molecular complexity index is 446. The third-order valence-electron chi connectivity index (χ3n) is 2.80. The van der Waals surface area contributed by atoms with Crippen molar-refractivity contribution in [1.29, 1.82) is 0 Å². The van der Waals surface area contributed by atoms with Crippen LogP contribution in [0.4, 0.5) is 4.79 Å². The van der Waals surface area contributed by atoms with Gasteiger partial charge < -0.3 is 20.3 Å². The molecule has 0 saturated carbocycles. The van der Waals surface area contributed by atoms with E-state index in [-0.39, 0.29) is 18.4 Å². The van der Waals surface area contributed by atoms with E-state index in [1.807, 2.05) is 6.92 Å². The Morgan fingerprint density at radius 1 is 1.40 bits per heavy atom. The molecule has 1 rings (SSSR count). The number of nitrogens with zero attached hydrogens (tertiary/aromatic N) is 2. The summed E-state index contributed by atoms with van der Waals surface area (Å²) in [4.78, 5) is 26.1. The zero-order valence-electron chi connectivity index (χ0n) is 11.7. The predicted molar refractivity (Wildman–Crippen MR) is 70.2 cm³/mol. The van der Waals surface area contributed by atoms with Gasteiger partial charge in [0.15, 0.2) is 5.82 Å². The topological polar surface area (TPSA) is 117 Å². The summed E-state index contributed by atoms with van der Waals surface area (Å²) >= 11 is 0. The van der Waals surface area contributed by atoms with E-state index < -0.39 is 5.97 Å². The van der Waals surface area contributed by atoms with Crippen LogP contribution in [0.25, 0.3) is 0 Å². The molecule has 0 saturated heterocycles. The van der Waals surface area contributed by atoms with Gasteiger partial charge in [-0.2, -0.15) is 4.98 Å². The second-order valence-corrected chi connectivity index (χ2v) is 4.49. The molecule has 8 heteroatoms. The van der Waals surface area contributed by atoms with Gasteiger partial charge in [-0.1, -0.05) is 18.5 Å². The number of aryl methyl sites for hydroxylation is 1. The minimum Gasteiger partial charge on any atom is -0.481 e. The third kappa shape index (κ3) is 6.17. The molecule has 8 nitrogen and oxygen atoms in total. The van der Waals surface area contributed by atoms with E-state index in [0.29, 0.717) is 37.6 Å². The first-order valence-corrected chi connectivity index (χ1v) is 6.54. The van der Waals surface area contributed by atoms with Crippen molar-refractivity contribution in [2.75, 3.05) is 13.1 Å². The van der Waals surface area contributed by atoms with Crippen molar-refractivity contribution < 1.29 is 19.2 Å². The summed E-state index contributed by atoms with van der Waals surface area (Å²) in [5, 5.41) is 17.7. The largest absolute Gasteiger partial charge is 0.481 e. The number of hydrogen-bond acceptors (Lipinski definition) is 5. The smallest absolute Gasteiger partial charge is 0.314 e. The Labute approximate surface area is 116 Å². The van der Waals surface area contributed by atoms with Crippen LogP contribution in [-0.4, -0.2) is 40.3 Å². The molecule has 0 bridgehead atoms. The molecule has 0 fully saturated rings. The van der Waals surface area contributed by atoms with Gasteiger partial charge in [0.2, 0.25) is 5.89 Å². The molecule has 0 aromatic carbocycles. The standard InChI is InChI=1S/C12H20N4O4/c1-3-9(6-11(17)18)7-14-12(19)13-5-4-10-15-8(2)20-16-10/h9H,3-7H2,1-2H3,(H,17,18)(H2,13,14,19). The monoisotopic (exact) mass is 284 g/mol. The number of carboxylic acids is 1. The van der Waals surface area contributed by atoms with Gasteiger partial charge in [0.05, 0.1) is 0 Å². The lowest BCUT2D eigenvalue weighted by Crippen LogP contribution is -2.39. The second kappa shape index (κ2) is 8.13. The van der Waals surface area contributed by atoms with Crippen molar-refractivity contribution >= 4 is 12.0 Å². The minimum atomic E-state index is -0.855. The van der Waals surface area contributed by atoms with Crippen LogP contribution in [0.1, 0.15) is 31.5 Å². The fourth-order valence-corrected chi connectivity index (χ4v) is 1.64. The number of aromatic nitrogens is 2. The summed E-state index contributed by atoms with van der Waals surface area (Å²) < 4.78 is 4.81. The summed E-state index contributed by atoms with van der Waals surface area (Å²) in [6, 6.07) is -0.325. The maximum Gasteiger partial charge on any atom is 0.314 e. The molecule has 3 N–H and O–H groups in total. The van der Waals surface area contributed by atoms with E-state index >= 15 is 0 Å². The van der Waals surface area contributed by atoms with Gasteiger partial charge in [0.25, 0.3) is 0 Å². The van der Waals surface area contributed by atoms with Crippen LogP contribution >= 0.6 is 0 Å². The molecule has 0 aliphatic rings. The molecule has 2 amide bonds. The van der Waals surface area contributed by atoms with E-state index in [1.165, 1.54) is 0 Å². The number of amides is 2. The first-order chi connectivity index (χ1) is 9.51. The second-order valence-electron chi connectivity index (χ2n) is 4.49. The van der Waals surface area contributed by atoms with E-state index in [9.17, 15) is 9.59 Å². The van der Waals surface area contributed by atoms with Gasteiger partial charge in [-0.15, -0.1) is 0 Å².